The monoisotopic (exact) mass is 410 g/mol. The largest absolute Gasteiger partial charge is 0.360 e. The Hall–Kier alpha value is -2.70. The van der Waals surface area contributed by atoms with Gasteiger partial charge in [0.15, 0.2) is 0 Å². The van der Waals surface area contributed by atoms with E-state index in [-0.39, 0.29) is 17.1 Å². The summed E-state index contributed by atoms with van der Waals surface area (Å²) in [5.74, 6) is -0.157. The maximum absolute atomic E-state index is 13.7. The molecule has 2 N–H and O–H groups in total. The van der Waals surface area contributed by atoms with Crippen molar-refractivity contribution in [1.82, 2.24) is 9.71 Å². The lowest BCUT2D eigenvalue weighted by atomic mass is 10.0. The first kappa shape index (κ1) is 19.6. The van der Waals surface area contributed by atoms with Gasteiger partial charge < -0.3 is 4.98 Å². The summed E-state index contributed by atoms with van der Waals surface area (Å²) in [5, 5.41) is 0. The molecule has 1 unspecified atom stereocenters. The lowest BCUT2D eigenvalue weighted by molar-refractivity contribution is 0.570. The van der Waals surface area contributed by atoms with Crippen LogP contribution in [-0.4, -0.2) is 13.4 Å². The van der Waals surface area contributed by atoms with Crippen LogP contribution in [0.25, 0.3) is 0 Å². The average Bonchev–Trinajstić information content (AvgIpc) is 3.10. The maximum Gasteiger partial charge on any atom is 0.241 e. The molecule has 0 saturated heterocycles. The first-order chi connectivity index (χ1) is 13.8. The summed E-state index contributed by atoms with van der Waals surface area (Å²) >= 11 is 0. The number of benzene rings is 2. The Morgan fingerprint density at radius 2 is 1.62 bits per heavy atom. The van der Waals surface area contributed by atoms with E-state index in [2.05, 4.69) is 9.71 Å². The molecule has 1 atom stereocenters. The molecule has 0 amide bonds. The number of rotatable bonds is 5. The summed E-state index contributed by atoms with van der Waals surface area (Å²) in [7, 11) is -3.75. The number of nitrogens with one attached hydrogen (secondary N) is 2. The Morgan fingerprint density at radius 1 is 1.00 bits per heavy atom. The van der Waals surface area contributed by atoms with E-state index < -0.39 is 16.1 Å². The zero-order chi connectivity index (χ0) is 20.6. The normalized spacial score (nSPS) is 14.9. The summed E-state index contributed by atoms with van der Waals surface area (Å²) in [4.78, 5) is 3.52. The molecule has 1 aliphatic rings. The van der Waals surface area contributed by atoms with Crippen molar-refractivity contribution in [2.24, 2.45) is 0 Å². The highest BCUT2D eigenvalue weighted by molar-refractivity contribution is 7.89. The molecule has 150 valence electrons. The van der Waals surface area contributed by atoms with E-state index in [1.54, 1.807) is 30.3 Å². The molecule has 3 aromatic rings. The van der Waals surface area contributed by atoms with Crippen LogP contribution in [0.1, 0.15) is 39.7 Å². The second kappa shape index (κ2) is 7.61. The Balaban J connectivity index is 1.73. The Morgan fingerprint density at radius 3 is 2.28 bits per heavy atom. The van der Waals surface area contributed by atoms with Crippen molar-refractivity contribution in [2.75, 3.05) is 0 Å². The second-order valence-corrected chi connectivity index (χ2v) is 9.25. The topological polar surface area (TPSA) is 62.0 Å². The lowest BCUT2D eigenvalue weighted by Gasteiger charge is -2.19. The Labute approximate surface area is 170 Å². The van der Waals surface area contributed by atoms with Gasteiger partial charge >= 0.3 is 0 Å². The molecule has 1 aliphatic carbocycles. The number of hydrogen-bond acceptors (Lipinski definition) is 2. The molecule has 0 spiro atoms. The van der Waals surface area contributed by atoms with Gasteiger partial charge in [0, 0.05) is 24.2 Å². The SMILES string of the molecule is Cc1ccc(C(NS(=O)(=O)c2ccc(C)cc2)c2cc3c([nH]2)CC=C(F)C3)cc1. The van der Waals surface area contributed by atoms with E-state index in [1.165, 1.54) is 0 Å². The van der Waals surface area contributed by atoms with Gasteiger partial charge in [-0.3, -0.25) is 0 Å². The second-order valence-electron chi connectivity index (χ2n) is 7.54. The van der Waals surface area contributed by atoms with E-state index >= 15 is 0 Å². The highest BCUT2D eigenvalue weighted by atomic mass is 32.2. The van der Waals surface area contributed by atoms with Crippen molar-refractivity contribution < 1.29 is 12.8 Å². The molecule has 0 bridgehead atoms. The number of allylic oxidation sites excluding steroid dienone is 2. The number of aromatic amines is 1. The van der Waals surface area contributed by atoms with Crippen LogP contribution in [0.4, 0.5) is 4.39 Å². The highest BCUT2D eigenvalue weighted by Gasteiger charge is 2.26. The lowest BCUT2D eigenvalue weighted by Crippen LogP contribution is -2.29. The molecule has 6 heteroatoms. The third-order valence-corrected chi connectivity index (χ3v) is 6.66. The van der Waals surface area contributed by atoms with Gasteiger partial charge in [-0.25, -0.2) is 12.8 Å². The number of aryl methyl sites for hydroxylation is 2. The fourth-order valence-corrected chi connectivity index (χ4v) is 4.74. The maximum atomic E-state index is 13.7. The van der Waals surface area contributed by atoms with Crippen molar-refractivity contribution >= 4 is 10.0 Å². The minimum atomic E-state index is -3.75. The zero-order valence-electron chi connectivity index (χ0n) is 16.4. The Bertz CT molecular complexity index is 1160. The summed E-state index contributed by atoms with van der Waals surface area (Å²) in [6.07, 6.45) is 2.27. The minimum Gasteiger partial charge on any atom is -0.360 e. The Kier molecular flexibility index (Phi) is 5.15. The molecular weight excluding hydrogens is 387 g/mol. The minimum absolute atomic E-state index is 0.157. The summed E-state index contributed by atoms with van der Waals surface area (Å²) in [6, 6.07) is 15.7. The van der Waals surface area contributed by atoms with Crippen molar-refractivity contribution in [3.05, 3.63) is 100 Å². The fourth-order valence-electron chi connectivity index (χ4n) is 3.54. The van der Waals surface area contributed by atoms with Crippen molar-refractivity contribution in [3.63, 3.8) is 0 Å². The molecule has 0 saturated carbocycles. The quantitative estimate of drug-likeness (QED) is 0.643. The molecule has 0 aliphatic heterocycles. The third-order valence-electron chi connectivity index (χ3n) is 5.23. The standard InChI is InChI=1S/C23H23FN2O2S/c1-15-3-7-17(8-4-15)23(22-14-18-13-19(24)9-12-21(18)25-22)26-29(27,28)20-10-5-16(2)6-11-20/h3-11,14,23,25-26H,12-13H2,1-2H3. The van der Waals surface area contributed by atoms with Gasteiger partial charge in [-0.15, -0.1) is 0 Å². The number of aromatic nitrogens is 1. The predicted molar refractivity (Wildman–Crippen MR) is 112 cm³/mol. The highest BCUT2D eigenvalue weighted by Crippen LogP contribution is 2.29. The van der Waals surface area contributed by atoms with E-state index in [1.807, 2.05) is 44.2 Å². The van der Waals surface area contributed by atoms with Crippen molar-refractivity contribution in [3.8, 4) is 0 Å². The van der Waals surface area contributed by atoms with Crippen molar-refractivity contribution in [2.45, 2.75) is 37.6 Å². The number of sulfonamides is 1. The molecular formula is C23H23FN2O2S. The van der Waals surface area contributed by atoms with Crippen LogP contribution in [-0.2, 0) is 22.9 Å². The molecule has 1 aromatic heterocycles. The van der Waals surface area contributed by atoms with Gasteiger partial charge in [0.1, 0.15) is 5.83 Å². The van der Waals surface area contributed by atoms with Crippen LogP contribution >= 0.6 is 0 Å². The van der Waals surface area contributed by atoms with Gasteiger partial charge in [0.25, 0.3) is 0 Å². The van der Waals surface area contributed by atoms with Crippen LogP contribution in [0.15, 0.2) is 71.4 Å². The first-order valence-corrected chi connectivity index (χ1v) is 11.0. The van der Waals surface area contributed by atoms with Gasteiger partial charge in [0.05, 0.1) is 10.9 Å². The zero-order valence-corrected chi connectivity index (χ0v) is 17.2. The number of H-pyrrole nitrogens is 1. The van der Waals surface area contributed by atoms with Gasteiger partial charge in [-0.1, -0.05) is 47.5 Å². The molecule has 0 radical (unpaired) electrons. The number of fused-ring (bicyclic) bond motifs is 1. The summed E-state index contributed by atoms with van der Waals surface area (Å²) in [6.45, 7) is 3.90. The first-order valence-electron chi connectivity index (χ1n) is 9.52. The van der Waals surface area contributed by atoms with Gasteiger partial charge in [-0.2, -0.15) is 4.72 Å². The summed E-state index contributed by atoms with van der Waals surface area (Å²) < 4.78 is 42.7. The average molecular weight is 411 g/mol. The van der Waals surface area contributed by atoms with Crippen LogP contribution in [0.3, 0.4) is 0 Å². The van der Waals surface area contributed by atoms with E-state index in [4.69, 9.17) is 0 Å². The van der Waals surface area contributed by atoms with Crippen LogP contribution in [0.5, 0.6) is 0 Å². The molecule has 4 rings (SSSR count). The molecule has 1 heterocycles. The molecule has 0 fully saturated rings. The number of halogens is 1. The van der Waals surface area contributed by atoms with E-state index in [9.17, 15) is 12.8 Å². The molecule has 4 nitrogen and oxygen atoms in total. The molecule has 2 aromatic carbocycles. The third kappa shape index (κ3) is 4.18. The van der Waals surface area contributed by atoms with Gasteiger partial charge in [0.2, 0.25) is 10.0 Å². The molecule has 29 heavy (non-hydrogen) atoms. The van der Waals surface area contributed by atoms with Gasteiger partial charge in [-0.05, 0) is 49.2 Å². The number of hydrogen-bond donors (Lipinski definition) is 2. The van der Waals surface area contributed by atoms with E-state index in [0.717, 1.165) is 27.9 Å². The summed E-state index contributed by atoms with van der Waals surface area (Å²) in [5.41, 5.74) is 5.40. The van der Waals surface area contributed by atoms with Crippen LogP contribution in [0.2, 0.25) is 0 Å². The van der Waals surface area contributed by atoms with Crippen LogP contribution < -0.4 is 4.72 Å². The van der Waals surface area contributed by atoms with Crippen molar-refractivity contribution in [1.29, 1.82) is 0 Å². The smallest absolute Gasteiger partial charge is 0.241 e. The van der Waals surface area contributed by atoms with E-state index in [0.29, 0.717) is 12.1 Å². The fraction of sp³-hybridized carbons (Fsp3) is 0.217. The predicted octanol–water partition coefficient (Wildman–Crippen LogP) is 4.65. The van der Waals surface area contributed by atoms with Crippen LogP contribution in [0, 0.1) is 13.8 Å².